The molecule has 0 radical (unpaired) electrons. The summed E-state index contributed by atoms with van der Waals surface area (Å²) in [7, 11) is 3.92. The predicted octanol–water partition coefficient (Wildman–Crippen LogP) is 3.51. The van der Waals surface area contributed by atoms with Crippen LogP contribution in [-0.4, -0.2) is 32.5 Å². The first kappa shape index (κ1) is 17.5. The molecule has 2 aromatic carbocycles. The number of rotatable bonds is 4. The number of nitrogens with one attached hydrogen (secondary N) is 1. The molecule has 1 fully saturated rings. The SMILES string of the molecule is CN(C)c1ccc(NC(=O)C2CCN(c3cccc(Br)c3)C2=O)cc1. The molecule has 1 saturated heterocycles. The summed E-state index contributed by atoms with van der Waals surface area (Å²) in [5, 5.41) is 2.85. The summed E-state index contributed by atoms with van der Waals surface area (Å²) in [4.78, 5) is 28.8. The minimum Gasteiger partial charge on any atom is -0.378 e. The molecule has 1 atom stereocenters. The van der Waals surface area contributed by atoms with Gasteiger partial charge in [-0.25, -0.2) is 0 Å². The quantitative estimate of drug-likeness (QED) is 0.797. The van der Waals surface area contributed by atoms with Gasteiger partial charge in [-0.2, -0.15) is 0 Å². The smallest absolute Gasteiger partial charge is 0.239 e. The maximum Gasteiger partial charge on any atom is 0.239 e. The Bertz CT molecular complexity index is 790. The second-order valence-electron chi connectivity index (χ2n) is 6.24. The van der Waals surface area contributed by atoms with E-state index in [1.807, 2.05) is 67.5 Å². The van der Waals surface area contributed by atoms with Gasteiger partial charge in [0.1, 0.15) is 5.92 Å². The van der Waals surface area contributed by atoms with Crippen LogP contribution < -0.4 is 15.1 Å². The maximum absolute atomic E-state index is 12.6. The molecule has 1 heterocycles. The van der Waals surface area contributed by atoms with Crippen molar-refractivity contribution in [1.29, 1.82) is 0 Å². The molecule has 0 spiro atoms. The molecular formula is C19H20BrN3O2. The van der Waals surface area contributed by atoms with E-state index in [0.29, 0.717) is 18.7 Å². The zero-order chi connectivity index (χ0) is 18.0. The Morgan fingerprint density at radius 2 is 1.92 bits per heavy atom. The van der Waals surface area contributed by atoms with E-state index in [-0.39, 0.29) is 11.8 Å². The summed E-state index contributed by atoms with van der Waals surface area (Å²) in [6, 6.07) is 15.1. The fourth-order valence-electron chi connectivity index (χ4n) is 2.90. The van der Waals surface area contributed by atoms with Gasteiger partial charge in [-0.1, -0.05) is 22.0 Å². The minimum atomic E-state index is -0.646. The van der Waals surface area contributed by atoms with Crippen LogP contribution in [0.15, 0.2) is 53.0 Å². The van der Waals surface area contributed by atoms with E-state index >= 15 is 0 Å². The number of nitrogens with zero attached hydrogens (tertiary/aromatic N) is 2. The van der Waals surface area contributed by atoms with Crippen molar-refractivity contribution < 1.29 is 9.59 Å². The number of carbonyl (C=O) groups is 2. The van der Waals surface area contributed by atoms with Crippen molar-refractivity contribution in [2.45, 2.75) is 6.42 Å². The van der Waals surface area contributed by atoms with Crippen molar-refractivity contribution in [3.63, 3.8) is 0 Å². The zero-order valence-electron chi connectivity index (χ0n) is 14.2. The zero-order valence-corrected chi connectivity index (χ0v) is 15.8. The lowest BCUT2D eigenvalue weighted by molar-refractivity contribution is -0.129. The molecule has 0 bridgehead atoms. The van der Waals surface area contributed by atoms with Gasteiger partial charge in [0.25, 0.3) is 0 Å². The number of amides is 2. The van der Waals surface area contributed by atoms with Crippen molar-refractivity contribution >= 4 is 44.8 Å². The second-order valence-corrected chi connectivity index (χ2v) is 7.16. The van der Waals surface area contributed by atoms with E-state index in [1.54, 1.807) is 4.90 Å². The van der Waals surface area contributed by atoms with Crippen LogP contribution in [0.3, 0.4) is 0 Å². The summed E-state index contributed by atoms with van der Waals surface area (Å²) >= 11 is 3.41. The van der Waals surface area contributed by atoms with Crippen molar-refractivity contribution in [2.75, 3.05) is 35.8 Å². The lowest BCUT2D eigenvalue weighted by atomic mass is 10.1. The number of hydrogen-bond acceptors (Lipinski definition) is 3. The summed E-state index contributed by atoms with van der Waals surface area (Å²) in [5.41, 5.74) is 2.56. The molecule has 1 aliphatic rings. The van der Waals surface area contributed by atoms with Crippen LogP contribution in [0, 0.1) is 5.92 Å². The van der Waals surface area contributed by atoms with Crippen LogP contribution in [0.5, 0.6) is 0 Å². The van der Waals surface area contributed by atoms with Gasteiger partial charge in [0.2, 0.25) is 11.8 Å². The fourth-order valence-corrected chi connectivity index (χ4v) is 3.28. The highest BCUT2D eigenvalue weighted by Crippen LogP contribution is 2.28. The third-order valence-corrected chi connectivity index (χ3v) is 4.79. The minimum absolute atomic E-state index is 0.152. The molecule has 25 heavy (non-hydrogen) atoms. The highest BCUT2D eigenvalue weighted by Gasteiger charge is 2.37. The fraction of sp³-hybridized carbons (Fsp3) is 0.263. The third kappa shape index (κ3) is 3.85. The largest absolute Gasteiger partial charge is 0.378 e. The maximum atomic E-state index is 12.6. The summed E-state index contributed by atoms with van der Waals surface area (Å²) in [6.45, 7) is 0.549. The van der Waals surface area contributed by atoms with E-state index in [4.69, 9.17) is 0 Å². The standard InChI is InChI=1S/C19H20BrN3O2/c1-22(2)15-8-6-14(7-9-15)21-18(24)17-10-11-23(19(17)25)16-5-3-4-13(20)12-16/h3-9,12,17H,10-11H2,1-2H3,(H,21,24). The Labute approximate surface area is 155 Å². The number of halogens is 1. The number of benzene rings is 2. The van der Waals surface area contributed by atoms with Crippen LogP contribution >= 0.6 is 15.9 Å². The van der Waals surface area contributed by atoms with Gasteiger partial charge < -0.3 is 15.1 Å². The first-order chi connectivity index (χ1) is 12.0. The van der Waals surface area contributed by atoms with E-state index in [1.165, 1.54) is 0 Å². The molecule has 1 N–H and O–H groups in total. The molecule has 3 rings (SSSR count). The Hall–Kier alpha value is -2.34. The van der Waals surface area contributed by atoms with Crippen molar-refractivity contribution in [2.24, 2.45) is 5.92 Å². The average Bonchev–Trinajstić information content (AvgIpc) is 2.97. The number of hydrogen-bond donors (Lipinski definition) is 1. The molecule has 6 heteroatoms. The highest BCUT2D eigenvalue weighted by molar-refractivity contribution is 9.10. The molecule has 130 valence electrons. The Balaban J connectivity index is 1.68. The Morgan fingerprint density at radius 1 is 1.20 bits per heavy atom. The Kier molecular flexibility index (Phi) is 5.08. The highest BCUT2D eigenvalue weighted by atomic mass is 79.9. The molecule has 0 aliphatic carbocycles. The molecule has 0 aromatic heterocycles. The van der Waals surface area contributed by atoms with Gasteiger partial charge in [0, 0.05) is 42.2 Å². The lowest BCUT2D eigenvalue weighted by Gasteiger charge is -2.17. The molecule has 1 unspecified atom stereocenters. The second kappa shape index (κ2) is 7.27. The summed E-state index contributed by atoms with van der Waals surface area (Å²) < 4.78 is 0.909. The van der Waals surface area contributed by atoms with Crippen molar-refractivity contribution in [3.05, 3.63) is 53.0 Å². The molecular weight excluding hydrogens is 382 g/mol. The van der Waals surface area contributed by atoms with E-state index in [0.717, 1.165) is 15.8 Å². The van der Waals surface area contributed by atoms with Gasteiger partial charge >= 0.3 is 0 Å². The van der Waals surface area contributed by atoms with E-state index in [2.05, 4.69) is 21.2 Å². The van der Waals surface area contributed by atoms with Crippen LogP contribution in [0.25, 0.3) is 0 Å². The summed E-state index contributed by atoms with van der Waals surface area (Å²) in [6.07, 6.45) is 0.521. The third-order valence-electron chi connectivity index (χ3n) is 4.29. The lowest BCUT2D eigenvalue weighted by Crippen LogP contribution is -2.33. The first-order valence-corrected chi connectivity index (χ1v) is 8.90. The summed E-state index contributed by atoms with van der Waals surface area (Å²) in [5.74, 6) is -1.05. The van der Waals surface area contributed by atoms with Gasteiger partial charge in [-0.05, 0) is 48.9 Å². The van der Waals surface area contributed by atoms with Gasteiger partial charge in [-0.15, -0.1) is 0 Å². The molecule has 0 saturated carbocycles. The number of carbonyl (C=O) groups excluding carboxylic acids is 2. The van der Waals surface area contributed by atoms with Gasteiger partial charge in [0.05, 0.1) is 0 Å². The monoisotopic (exact) mass is 401 g/mol. The van der Waals surface area contributed by atoms with E-state index < -0.39 is 5.92 Å². The predicted molar refractivity (Wildman–Crippen MR) is 104 cm³/mol. The van der Waals surface area contributed by atoms with Crippen LogP contribution in [-0.2, 0) is 9.59 Å². The molecule has 5 nitrogen and oxygen atoms in total. The molecule has 2 amide bonds. The normalized spacial score (nSPS) is 16.8. The van der Waals surface area contributed by atoms with Crippen LogP contribution in [0.4, 0.5) is 17.1 Å². The van der Waals surface area contributed by atoms with Crippen molar-refractivity contribution in [3.8, 4) is 0 Å². The first-order valence-electron chi connectivity index (χ1n) is 8.11. The van der Waals surface area contributed by atoms with Crippen molar-refractivity contribution in [1.82, 2.24) is 0 Å². The molecule has 2 aromatic rings. The van der Waals surface area contributed by atoms with Gasteiger partial charge in [0.15, 0.2) is 0 Å². The van der Waals surface area contributed by atoms with E-state index in [9.17, 15) is 9.59 Å². The molecule has 1 aliphatic heterocycles. The Morgan fingerprint density at radius 3 is 2.56 bits per heavy atom. The van der Waals surface area contributed by atoms with Crippen LogP contribution in [0.1, 0.15) is 6.42 Å². The number of anilines is 3. The topological polar surface area (TPSA) is 52.7 Å². The average molecular weight is 402 g/mol. The van der Waals surface area contributed by atoms with Gasteiger partial charge in [-0.3, -0.25) is 9.59 Å². The van der Waals surface area contributed by atoms with Crippen LogP contribution in [0.2, 0.25) is 0 Å².